The minimum atomic E-state index is -4.62. The molecule has 0 saturated carbocycles. The fourth-order valence-corrected chi connectivity index (χ4v) is 4.43. The van der Waals surface area contributed by atoms with Gasteiger partial charge in [-0.25, -0.2) is 19.3 Å². The van der Waals surface area contributed by atoms with Crippen molar-refractivity contribution in [3.8, 4) is 6.07 Å². The quantitative estimate of drug-likeness (QED) is 0.331. The molecule has 1 N–H and O–H groups in total. The number of carbonyl (C=O) groups is 1. The minimum Gasteiger partial charge on any atom is -0.496 e. The molecule has 0 aliphatic carbocycles. The predicted molar refractivity (Wildman–Crippen MR) is 140 cm³/mol. The average Bonchev–Trinajstić information content (AvgIpc) is 3.27. The number of ether oxygens (including phenoxy) is 2. The number of hydrogen-bond donors (Lipinski definition) is 1. The van der Waals surface area contributed by atoms with Crippen molar-refractivity contribution in [2.24, 2.45) is 0 Å². The molecule has 208 valence electrons. The highest BCUT2D eigenvalue weighted by atomic mass is 19.4. The second-order valence-corrected chi connectivity index (χ2v) is 9.96. The van der Waals surface area contributed by atoms with E-state index < -0.39 is 35.0 Å². The molecule has 0 amide bonds. The van der Waals surface area contributed by atoms with Crippen LogP contribution in [0, 0.1) is 11.3 Å². The molecule has 2 heterocycles. The molecule has 0 unspecified atom stereocenters. The van der Waals surface area contributed by atoms with Gasteiger partial charge in [-0.15, -0.1) is 5.10 Å². The van der Waals surface area contributed by atoms with Crippen LogP contribution >= 0.6 is 0 Å². The van der Waals surface area contributed by atoms with E-state index in [0.717, 1.165) is 12.1 Å². The number of alkyl halides is 3. The van der Waals surface area contributed by atoms with Crippen molar-refractivity contribution in [2.75, 3.05) is 12.0 Å². The third-order valence-corrected chi connectivity index (χ3v) is 6.16. The van der Waals surface area contributed by atoms with E-state index in [0.29, 0.717) is 16.7 Å². The molecule has 0 spiro atoms. The lowest BCUT2D eigenvalue weighted by Crippen LogP contribution is -2.38. The molecule has 0 bridgehead atoms. The second kappa shape index (κ2) is 10.4. The normalized spacial score (nSPS) is 15.7. The van der Waals surface area contributed by atoms with Crippen molar-refractivity contribution in [3.05, 3.63) is 92.7 Å². The first-order valence-corrected chi connectivity index (χ1v) is 12.1. The van der Waals surface area contributed by atoms with Crippen molar-refractivity contribution >= 4 is 23.7 Å². The lowest BCUT2D eigenvalue weighted by molar-refractivity contribution is -0.138. The highest BCUT2D eigenvalue weighted by Crippen LogP contribution is 2.43. The van der Waals surface area contributed by atoms with E-state index in [9.17, 15) is 28.0 Å². The first-order chi connectivity index (χ1) is 18.8. The predicted octanol–water partition coefficient (Wildman–Crippen LogP) is 5.44. The number of H-pyrrole nitrogens is 1. The van der Waals surface area contributed by atoms with Gasteiger partial charge in [0, 0.05) is 11.4 Å². The summed E-state index contributed by atoms with van der Waals surface area (Å²) in [5, 5.41) is 15.9. The summed E-state index contributed by atoms with van der Waals surface area (Å²) < 4.78 is 52.6. The molecule has 1 aliphatic heterocycles. The van der Waals surface area contributed by atoms with E-state index in [4.69, 9.17) is 9.47 Å². The van der Waals surface area contributed by atoms with E-state index in [1.54, 1.807) is 18.2 Å². The van der Waals surface area contributed by atoms with Gasteiger partial charge in [-0.05, 0) is 75.2 Å². The van der Waals surface area contributed by atoms with Gasteiger partial charge in [0.05, 0.1) is 41.7 Å². The van der Waals surface area contributed by atoms with Crippen LogP contribution in [0.5, 0.6) is 0 Å². The molecule has 0 radical (unpaired) electrons. The molecule has 0 fully saturated rings. The first kappa shape index (κ1) is 28.2. The van der Waals surface area contributed by atoms with Crippen LogP contribution in [0.1, 0.15) is 56.0 Å². The van der Waals surface area contributed by atoms with E-state index in [-0.39, 0.29) is 22.9 Å². The van der Waals surface area contributed by atoms with Gasteiger partial charge in [0.1, 0.15) is 6.04 Å². The molecule has 9 nitrogen and oxygen atoms in total. The van der Waals surface area contributed by atoms with Crippen molar-refractivity contribution in [2.45, 2.75) is 45.5 Å². The monoisotopic (exact) mass is 553 g/mol. The van der Waals surface area contributed by atoms with Crippen molar-refractivity contribution in [1.82, 2.24) is 14.8 Å². The molecular formula is C28H26F3N5O4. The number of esters is 1. The van der Waals surface area contributed by atoms with Crippen LogP contribution in [0.3, 0.4) is 0 Å². The number of fused-ring (bicyclic) bond motifs is 1. The summed E-state index contributed by atoms with van der Waals surface area (Å²) >= 11 is 0. The number of rotatable bonds is 5. The Bertz CT molecular complexity index is 1620. The van der Waals surface area contributed by atoms with Crippen LogP contribution in [0.4, 0.5) is 24.8 Å². The Kier molecular flexibility index (Phi) is 7.34. The number of benzene rings is 2. The van der Waals surface area contributed by atoms with Gasteiger partial charge >= 0.3 is 17.8 Å². The highest BCUT2D eigenvalue weighted by molar-refractivity contribution is 5.94. The van der Waals surface area contributed by atoms with Gasteiger partial charge in [-0.3, -0.25) is 4.90 Å². The van der Waals surface area contributed by atoms with E-state index in [2.05, 4.69) is 16.3 Å². The zero-order valence-electron chi connectivity index (χ0n) is 22.3. The Hall–Kier alpha value is -4.79. The van der Waals surface area contributed by atoms with Gasteiger partial charge in [-0.1, -0.05) is 12.1 Å². The topological polar surface area (TPSA) is 113 Å². The maximum Gasteiger partial charge on any atom is 0.416 e. The standard InChI is InChI=1S/C28H26F3N5O4/c1-16-22(24(37)39-5)23(21-10-9-17(15-32)13-18(21)11-12-40-27(2,3)4)36-25(33-34-26(36)38)35(16)20-8-6-7-19(14-20)28(29,30)31/h6-14,23H,1-5H3,(H,34,38)/b12-11+/t23-/m1/s1. The lowest BCUT2D eigenvalue weighted by Gasteiger charge is -2.36. The van der Waals surface area contributed by atoms with Gasteiger partial charge in [0.2, 0.25) is 5.95 Å². The third kappa shape index (κ3) is 5.36. The lowest BCUT2D eigenvalue weighted by atomic mass is 9.90. The minimum absolute atomic E-state index is 0.00740. The summed E-state index contributed by atoms with van der Waals surface area (Å²) in [5.74, 6) is -0.840. The van der Waals surface area contributed by atoms with Crippen LogP contribution in [-0.2, 0) is 20.4 Å². The molecule has 1 aliphatic rings. The number of halogens is 3. The molecule has 40 heavy (non-hydrogen) atoms. The number of methoxy groups -OCH3 is 1. The van der Waals surface area contributed by atoms with E-state index >= 15 is 0 Å². The number of nitrogens with one attached hydrogen (secondary N) is 1. The third-order valence-electron chi connectivity index (χ3n) is 6.16. The number of hydrogen-bond acceptors (Lipinski definition) is 7. The average molecular weight is 554 g/mol. The van der Waals surface area contributed by atoms with E-state index in [1.165, 1.54) is 48.0 Å². The molecule has 3 aromatic rings. The maximum absolute atomic E-state index is 13.5. The molecule has 1 atom stereocenters. The number of anilines is 2. The summed E-state index contributed by atoms with van der Waals surface area (Å²) in [7, 11) is 1.17. The Morgan fingerprint density at radius 1 is 1.18 bits per heavy atom. The molecule has 1 aromatic heterocycles. The molecule has 0 saturated heterocycles. The van der Waals surface area contributed by atoms with Crippen molar-refractivity contribution in [3.63, 3.8) is 0 Å². The summed E-state index contributed by atoms with van der Waals surface area (Å²) in [5.41, 5.74) is -0.692. The van der Waals surface area contributed by atoms with Crippen LogP contribution in [-0.4, -0.2) is 33.4 Å². The van der Waals surface area contributed by atoms with Crippen LogP contribution in [0.25, 0.3) is 6.08 Å². The zero-order chi connectivity index (χ0) is 29.4. The zero-order valence-corrected chi connectivity index (χ0v) is 22.3. The van der Waals surface area contributed by atoms with Gasteiger partial charge in [0.15, 0.2) is 0 Å². The van der Waals surface area contributed by atoms with Crippen molar-refractivity contribution in [1.29, 1.82) is 5.26 Å². The number of aromatic amines is 1. The molecule has 12 heteroatoms. The van der Waals surface area contributed by atoms with Crippen LogP contribution < -0.4 is 10.6 Å². The van der Waals surface area contributed by atoms with Gasteiger partial charge in [0.25, 0.3) is 0 Å². The van der Waals surface area contributed by atoms with Gasteiger partial charge in [-0.2, -0.15) is 18.4 Å². The molecular weight excluding hydrogens is 527 g/mol. The highest BCUT2D eigenvalue weighted by Gasteiger charge is 2.40. The Labute approximate surface area is 227 Å². The largest absolute Gasteiger partial charge is 0.496 e. The first-order valence-electron chi connectivity index (χ1n) is 12.1. The number of carbonyl (C=O) groups excluding carboxylic acids is 1. The number of nitrogens with zero attached hydrogens (tertiary/aromatic N) is 4. The Morgan fingerprint density at radius 3 is 2.52 bits per heavy atom. The summed E-state index contributed by atoms with van der Waals surface area (Å²) in [6, 6.07) is 10.1. The Balaban J connectivity index is 2.00. The molecule has 4 rings (SSSR count). The Morgan fingerprint density at radius 2 is 1.90 bits per heavy atom. The maximum atomic E-state index is 13.5. The van der Waals surface area contributed by atoms with E-state index in [1.807, 2.05) is 20.8 Å². The number of nitriles is 1. The van der Waals surface area contributed by atoms with Crippen LogP contribution in [0.15, 0.2) is 64.8 Å². The summed E-state index contributed by atoms with van der Waals surface area (Å²) in [6.45, 7) is 7.09. The fourth-order valence-electron chi connectivity index (χ4n) is 4.43. The number of aromatic nitrogens is 3. The summed E-state index contributed by atoms with van der Waals surface area (Å²) in [4.78, 5) is 27.7. The van der Waals surface area contributed by atoms with Gasteiger partial charge < -0.3 is 9.47 Å². The van der Waals surface area contributed by atoms with Crippen molar-refractivity contribution < 1.29 is 27.4 Å². The molecule has 2 aromatic carbocycles. The SMILES string of the molecule is COC(=O)C1=C(C)N(c2cccc(C(F)(F)F)c2)c2n[nH]c(=O)n2[C@@H]1c1ccc(C#N)cc1/C=C/OC(C)(C)C. The van der Waals surface area contributed by atoms with Crippen LogP contribution in [0.2, 0.25) is 0 Å². The summed E-state index contributed by atoms with van der Waals surface area (Å²) in [6.07, 6.45) is -1.57. The smallest absolute Gasteiger partial charge is 0.416 e. The second-order valence-electron chi connectivity index (χ2n) is 9.96. The fraction of sp³-hybridized carbons (Fsp3) is 0.286. The number of allylic oxidation sites excluding steroid dienone is 1.